The summed E-state index contributed by atoms with van der Waals surface area (Å²) in [5, 5.41) is 2.89. The highest BCUT2D eigenvalue weighted by molar-refractivity contribution is 6.32. The number of rotatable bonds is 7. The molecule has 0 unspecified atom stereocenters. The van der Waals surface area contributed by atoms with Crippen molar-refractivity contribution in [1.82, 2.24) is 5.32 Å². The number of hydrogen-bond acceptors (Lipinski definition) is 4. The molecular formula is C17H17ClFNO4. The van der Waals surface area contributed by atoms with E-state index in [2.05, 4.69) is 5.32 Å². The molecule has 5 nitrogen and oxygen atoms in total. The number of nitrogens with one attached hydrogen (secondary N) is 1. The summed E-state index contributed by atoms with van der Waals surface area (Å²) in [4.78, 5) is 12.2. The van der Waals surface area contributed by atoms with Gasteiger partial charge in [0, 0.05) is 11.6 Å². The van der Waals surface area contributed by atoms with Crippen molar-refractivity contribution in [3.8, 4) is 17.2 Å². The van der Waals surface area contributed by atoms with Gasteiger partial charge in [-0.1, -0.05) is 11.6 Å². The maximum Gasteiger partial charge on any atom is 0.251 e. The molecule has 2 aromatic rings. The van der Waals surface area contributed by atoms with Gasteiger partial charge in [0.15, 0.2) is 0 Å². The van der Waals surface area contributed by atoms with Gasteiger partial charge in [-0.05, 0) is 30.3 Å². The second-order valence-electron chi connectivity index (χ2n) is 4.78. The molecule has 0 aliphatic rings. The van der Waals surface area contributed by atoms with Crippen molar-refractivity contribution >= 4 is 17.5 Å². The van der Waals surface area contributed by atoms with E-state index in [1.54, 1.807) is 18.2 Å². The number of halogens is 2. The zero-order valence-corrected chi connectivity index (χ0v) is 14.0. The SMILES string of the molecule is COc1cc(OC)cc(C(=O)NCCOc2ccc(F)cc2Cl)c1. The first-order chi connectivity index (χ1) is 11.5. The molecule has 1 amide bonds. The molecule has 0 atom stereocenters. The molecule has 7 heteroatoms. The molecule has 0 saturated carbocycles. The predicted octanol–water partition coefficient (Wildman–Crippen LogP) is 3.31. The summed E-state index contributed by atoms with van der Waals surface area (Å²) < 4.78 is 28.6. The smallest absolute Gasteiger partial charge is 0.251 e. The Morgan fingerprint density at radius 3 is 2.38 bits per heavy atom. The van der Waals surface area contributed by atoms with Crippen LogP contribution < -0.4 is 19.5 Å². The molecule has 0 spiro atoms. The Balaban J connectivity index is 1.89. The summed E-state index contributed by atoms with van der Waals surface area (Å²) in [6, 6.07) is 8.74. The standard InChI is InChI=1S/C17H17ClFNO4/c1-22-13-7-11(8-14(10-13)23-2)17(21)20-5-6-24-16-4-3-12(19)9-15(16)18/h3-4,7-10H,5-6H2,1-2H3,(H,20,21). The maximum absolute atomic E-state index is 12.9. The van der Waals surface area contributed by atoms with Gasteiger partial charge < -0.3 is 19.5 Å². The molecular weight excluding hydrogens is 337 g/mol. The second kappa shape index (κ2) is 8.40. The van der Waals surface area contributed by atoms with Crippen molar-refractivity contribution in [3.63, 3.8) is 0 Å². The van der Waals surface area contributed by atoms with Gasteiger partial charge in [0.05, 0.1) is 25.8 Å². The number of hydrogen-bond donors (Lipinski definition) is 1. The number of carbonyl (C=O) groups excluding carboxylic acids is 1. The zero-order chi connectivity index (χ0) is 17.5. The van der Waals surface area contributed by atoms with Gasteiger partial charge in [0.25, 0.3) is 5.91 Å². The van der Waals surface area contributed by atoms with Crippen LogP contribution >= 0.6 is 11.6 Å². The van der Waals surface area contributed by atoms with Gasteiger partial charge in [0.1, 0.15) is 29.7 Å². The largest absolute Gasteiger partial charge is 0.497 e. The van der Waals surface area contributed by atoms with E-state index in [0.29, 0.717) is 22.8 Å². The Labute approximate surface area is 144 Å². The van der Waals surface area contributed by atoms with E-state index >= 15 is 0 Å². The van der Waals surface area contributed by atoms with Crippen LogP contribution in [0.5, 0.6) is 17.2 Å². The van der Waals surface area contributed by atoms with Gasteiger partial charge in [-0.3, -0.25) is 4.79 Å². The molecule has 0 saturated heterocycles. The Bertz CT molecular complexity index is 701. The van der Waals surface area contributed by atoms with Crippen molar-refractivity contribution in [1.29, 1.82) is 0 Å². The van der Waals surface area contributed by atoms with Crippen molar-refractivity contribution in [2.45, 2.75) is 0 Å². The Hall–Kier alpha value is -2.47. The normalized spacial score (nSPS) is 10.2. The van der Waals surface area contributed by atoms with E-state index in [-0.39, 0.29) is 24.1 Å². The quantitative estimate of drug-likeness (QED) is 0.776. The van der Waals surface area contributed by atoms with Crippen molar-refractivity contribution in [2.24, 2.45) is 0 Å². The summed E-state index contributed by atoms with van der Waals surface area (Å²) in [5.41, 5.74) is 0.408. The highest BCUT2D eigenvalue weighted by Gasteiger charge is 2.10. The van der Waals surface area contributed by atoms with Gasteiger partial charge in [-0.2, -0.15) is 0 Å². The predicted molar refractivity (Wildman–Crippen MR) is 88.8 cm³/mol. The average molecular weight is 354 g/mol. The van der Waals surface area contributed by atoms with Crippen molar-refractivity contribution in [2.75, 3.05) is 27.4 Å². The van der Waals surface area contributed by atoms with Crippen LogP contribution in [0.1, 0.15) is 10.4 Å². The summed E-state index contributed by atoms with van der Waals surface area (Å²) >= 11 is 5.85. The summed E-state index contributed by atoms with van der Waals surface area (Å²) in [5.74, 6) is 0.673. The van der Waals surface area contributed by atoms with Gasteiger partial charge in [-0.15, -0.1) is 0 Å². The topological polar surface area (TPSA) is 56.8 Å². The average Bonchev–Trinajstić information content (AvgIpc) is 2.59. The van der Waals surface area contributed by atoms with Crippen LogP contribution in [-0.2, 0) is 0 Å². The lowest BCUT2D eigenvalue weighted by molar-refractivity contribution is 0.0946. The van der Waals surface area contributed by atoms with Crippen LogP contribution in [0.2, 0.25) is 5.02 Å². The van der Waals surface area contributed by atoms with E-state index in [0.717, 1.165) is 6.07 Å². The van der Waals surface area contributed by atoms with Crippen LogP contribution in [0.15, 0.2) is 36.4 Å². The first-order valence-electron chi connectivity index (χ1n) is 7.12. The molecule has 128 valence electrons. The van der Waals surface area contributed by atoms with Crippen LogP contribution in [0.4, 0.5) is 4.39 Å². The molecule has 24 heavy (non-hydrogen) atoms. The Morgan fingerprint density at radius 2 is 1.79 bits per heavy atom. The molecule has 0 bridgehead atoms. The van der Waals surface area contributed by atoms with E-state index in [4.69, 9.17) is 25.8 Å². The number of carbonyl (C=O) groups is 1. The lowest BCUT2D eigenvalue weighted by Gasteiger charge is -2.11. The van der Waals surface area contributed by atoms with Crippen LogP contribution in [-0.4, -0.2) is 33.3 Å². The molecule has 0 aromatic heterocycles. The van der Waals surface area contributed by atoms with E-state index in [1.807, 2.05) is 0 Å². The number of ether oxygens (including phenoxy) is 3. The maximum atomic E-state index is 12.9. The molecule has 0 fully saturated rings. The monoisotopic (exact) mass is 353 g/mol. The Kier molecular flexibility index (Phi) is 6.26. The minimum Gasteiger partial charge on any atom is -0.497 e. The number of methoxy groups -OCH3 is 2. The van der Waals surface area contributed by atoms with E-state index in [1.165, 1.54) is 26.4 Å². The minimum absolute atomic E-state index is 0.179. The van der Waals surface area contributed by atoms with Crippen molar-refractivity contribution < 1.29 is 23.4 Å². The summed E-state index contributed by atoms with van der Waals surface area (Å²) in [6.07, 6.45) is 0. The fourth-order valence-electron chi connectivity index (χ4n) is 1.96. The zero-order valence-electron chi connectivity index (χ0n) is 13.3. The number of amides is 1. The molecule has 0 aliphatic carbocycles. The molecule has 2 aromatic carbocycles. The van der Waals surface area contributed by atoms with Crippen LogP contribution in [0.3, 0.4) is 0 Å². The third kappa shape index (κ3) is 4.76. The van der Waals surface area contributed by atoms with Crippen LogP contribution in [0.25, 0.3) is 0 Å². The molecule has 2 rings (SSSR count). The van der Waals surface area contributed by atoms with E-state index in [9.17, 15) is 9.18 Å². The fraction of sp³-hybridized carbons (Fsp3) is 0.235. The summed E-state index contributed by atoms with van der Waals surface area (Å²) in [6.45, 7) is 0.449. The molecule has 1 N–H and O–H groups in total. The third-order valence-electron chi connectivity index (χ3n) is 3.15. The van der Waals surface area contributed by atoms with Gasteiger partial charge in [-0.25, -0.2) is 4.39 Å². The Morgan fingerprint density at radius 1 is 1.12 bits per heavy atom. The minimum atomic E-state index is -0.437. The highest BCUT2D eigenvalue weighted by Crippen LogP contribution is 2.25. The number of benzene rings is 2. The lowest BCUT2D eigenvalue weighted by Crippen LogP contribution is -2.28. The van der Waals surface area contributed by atoms with Crippen LogP contribution in [0, 0.1) is 5.82 Å². The molecule has 0 radical (unpaired) electrons. The highest BCUT2D eigenvalue weighted by atomic mass is 35.5. The van der Waals surface area contributed by atoms with Crippen molar-refractivity contribution in [3.05, 3.63) is 52.8 Å². The third-order valence-corrected chi connectivity index (χ3v) is 3.45. The molecule has 0 heterocycles. The summed E-state index contributed by atoms with van der Waals surface area (Å²) in [7, 11) is 3.02. The molecule has 0 aliphatic heterocycles. The van der Waals surface area contributed by atoms with E-state index < -0.39 is 5.82 Å². The lowest BCUT2D eigenvalue weighted by atomic mass is 10.2. The first kappa shape index (κ1) is 17.9. The second-order valence-corrected chi connectivity index (χ2v) is 5.19. The van der Waals surface area contributed by atoms with Gasteiger partial charge in [0.2, 0.25) is 0 Å². The van der Waals surface area contributed by atoms with Gasteiger partial charge >= 0.3 is 0 Å². The fourth-order valence-corrected chi connectivity index (χ4v) is 2.18. The first-order valence-corrected chi connectivity index (χ1v) is 7.50.